The number of nitrogens with one attached hydrogen (secondary N) is 2. The predicted octanol–water partition coefficient (Wildman–Crippen LogP) is 5.71. The van der Waals surface area contributed by atoms with E-state index in [0.717, 1.165) is 10.8 Å². The number of aromatic nitrogens is 1. The lowest BCUT2D eigenvalue weighted by Gasteiger charge is -2.24. The Morgan fingerprint density at radius 2 is 1.97 bits per heavy atom. The number of hydrogen-bond donors (Lipinski definition) is 2. The first-order chi connectivity index (χ1) is 15.8. The van der Waals surface area contributed by atoms with Gasteiger partial charge in [-0.2, -0.15) is 0 Å². The lowest BCUT2D eigenvalue weighted by Crippen LogP contribution is -2.41. The smallest absolute Gasteiger partial charge is 0.417 e. The minimum absolute atomic E-state index is 0.00857. The molecular formula is C24H24ClFN4O3. The van der Waals surface area contributed by atoms with E-state index in [2.05, 4.69) is 15.6 Å². The van der Waals surface area contributed by atoms with Crippen molar-refractivity contribution in [3.05, 3.63) is 83.5 Å². The van der Waals surface area contributed by atoms with Crippen LogP contribution in [-0.4, -0.2) is 35.1 Å². The molecule has 0 fully saturated rings. The highest BCUT2D eigenvalue weighted by Crippen LogP contribution is 2.19. The Balaban J connectivity index is 1.42. The molecule has 0 aliphatic carbocycles. The van der Waals surface area contributed by atoms with Crippen LogP contribution in [0.15, 0.2) is 67.1 Å². The quantitative estimate of drug-likeness (QED) is 0.433. The monoisotopic (exact) mass is 470 g/mol. The molecule has 172 valence electrons. The molecule has 9 heteroatoms. The third kappa shape index (κ3) is 6.66. The highest BCUT2D eigenvalue weighted by molar-refractivity contribution is 6.31. The molecule has 1 atom stereocenters. The molecule has 0 aliphatic heterocycles. The van der Waals surface area contributed by atoms with Gasteiger partial charge in [0.15, 0.2) is 0 Å². The SMILES string of the molecule is CC(CC=COC(=O)Nc1cc2ccccc2cn1)N(C)C(=O)NCc1cccc(F)c1Cl. The average Bonchev–Trinajstić information content (AvgIpc) is 2.81. The van der Waals surface area contributed by atoms with E-state index in [9.17, 15) is 14.0 Å². The largest absolute Gasteiger partial charge is 0.418 e. The van der Waals surface area contributed by atoms with E-state index in [-0.39, 0.29) is 23.6 Å². The molecule has 2 N–H and O–H groups in total. The number of rotatable bonds is 7. The first-order valence-electron chi connectivity index (χ1n) is 10.3. The molecule has 1 unspecified atom stereocenters. The molecule has 3 amide bonds. The fourth-order valence-corrected chi connectivity index (χ4v) is 3.18. The summed E-state index contributed by atoms with van der Waals surface area (Å²) in [7, 11) is 1.64. The molecule has 3 aromatic rings. The molecule has 0 saturated carbocycles. The molecule has 0 saturated heterocycles. The molecule has 3 rings (SSSR count). The van der Waals surface area contributed by atoms with Gasteiger partial charge < -0.3 is 15.0 Å². The second-order valence-corrected chi connectivity index (χ2v) is 7.76. The van der Waals surface area contributed by atoms with Crippen molar-refractivity contribution < 1.29 is 18.7 Å². The van der Waals surface area contributed by atoms with Crippen LogP contribution in [0.25, 0.3) is 10.8 Å². The van der Waals surface area contributed by atoms with Gasteiger partial charge in [-0.15, -0.1) is 0 Å². The van der Waals surface area contributed by atoms with Crippen LogP contribution in [0.5, 0.6) is 0 Å². The zero-order valence-corrected chi connectivity index (χ0v) is 19.0. The fourth-order valence-electron chi connectivity index (χ4n) is 2.99. The lowest BCUT2D eigenvalue weighted by molar-refractivity contribution is 0.192. The zero-order valence-electron chi connectivity index (χ0n) is 18.2. The molecule has 0 aliphatic rings. The highest BCUT2D eigenvalue weighted by atomic mass is 35.5. The van der Waals surface area contributed by atoms with Crippen LogP contribution >= 0.6 is 11.6 Å². The number of halogens is 2. The van der Waals surface area contributed by atoms with Gasteiger partial charge >= 0.3 is 12.1 Å². The molecular weight excluding hydrogens is 447 g/mol. The summed E-state index contributed by atoms with van der Waals surface area (Å²) in [5.41, 5.74) is 0.492. The molecule has 0 bridgehead atoms. The van der Waals surface area contributed by atoms with Gasteiger partial charge in [0.25, 0.3) is 0 Å². The molecule has 2 aromatic carbocycles. The molecule has 0 spiro atoms. The van der Waals surface area contributed by atoms with Crippen LogP contribution in [0.3, 0.4) is 0 Å². The summed E-state index contributed by atoms with van der Waals surface area (Å²) in [4.78, 5) is 30.0. The minimum atomic E-state index is -0.667. The van der Waals surface area contributed by atoms with Gasteiger partial charge in [-0.25, -0.2) is 19.0 Å². The molecule has 1 heterocycles. The maximum atomic E-state index is 13.5. The summed E-state index contributed by atoms with van der Waals surface area (Å²) in [6, 6.07) is 13.4. The second-order valence-electron chi connectivity index (χ2n) is 7.39. The van der Waals surface area contributed by atoms with Crippen LogP contribution in [0, 0.1) is 5.82 Å². The number of urea groups is 1. The number of hydrogen-bond acceptors (Lipinski definition) is 4. The van der Waals surface area contributed by atoms with E-state index < -0.39 is 11.9 Å². The van der Waals surface area contributed by atoms with E-state index >= 15 is 0 Å². The first kappa shape index (κ1) is 24.0. The number of benzene rings is 2. The van der Waals surface area contributed by atoms with Crippen LogP contribution in [0.2, 0.25) is 5.02 Å². The van der Waals surface area contributed by atoms with E-state index in [1.54, 1.807) is 31.5 Å². The van der Waals surface area contributed by atoms with Crippen LogP contribution in [0.4, 0.5) is 19.8 Å². The Morgan fingerprint density at radius 1 is 1.21 bits per heavy atom. The zero-order chi connectivity index (χ0) is 23.8. The average molecular weight is 471 g/mol. The van der Waals surface area contributed by atoms with Crippen molar-refractivity contribution in [2.45, 2.75) is 25.9 Å². The Bertz CT molecular complexity index is 1170. The van der Waals surface area contributed by atoms with Crippen LogP contribution in [-0.2, 0) is 11.3 Å². The number of pyridine rings is 1. The van der Waals surface area contributed by atoms with Gasteiger partial charge in [0, 0.05) is 31.2 Å². The van der Waals surface area contributed by atoms with E-state index in [1.165, 1.54) is 23.3 Å². The third-order valence-corrected chi connectivity index (χ3v) is 5.48. The topological polar surface area (TPSA) is 83.6 Å². The Hall–Kier alpha value is -3.65. The normalized spacial score (nSPS) is 11.9. The highest BCUT2D eigenvalue weighted by Gasteiger charge is 2.15. The third-order valence-electron chi connectivity index (χ3n) is 5.05. The van der Waals surface area contributed by atoms with Gasteiger partial charge in [-0.05, 0) is 42.5 Å². The predicted molar refractivity (Wildman–Crippen MR) is 126 cm³/mol. The van der Waals surface area contributed by atoms with Crippen molar-refractivity contribution in [3.63, 3.8) is 0 Å². The van der Waals surface area contributed by atoms with Crippen LogP contribution in [0.1, 0.15) is 18.9 Å². The Morgan fingerprint density at radius 3 is 2.76 bits per heavy atom. The summed E-state index contributed by atoms with van der Waals surface area (Å²) >= 11 is 5.91. The molecule has 1 aromatic heterocycles. The number of fused-ring (bicyclic) bond motifs is 1. The molecule has 7 nitrogen and oxygen atoms in total. The van der Waals surface area contributed by atoms with Gasteiger partial charge in [-0.3, -0.25) is 5.32 Å². The van der Waals surface area contributed by atoms with E-state index in [0.29, 0.717) is 17.8 Å². The Kier molecular flexibility index (Phi) is 8.21. The van der Waals surface area contributed by atoms with Crippen molar-refractivity contribution >= 4 is 40.3 Å². The van der Waals surface area contributed by atoms with Crippen molar-refractivity contribution in [1.29, 1.82) is 0 Å². The van der Waals surface area contributed by atoms with Crippen molar-refractivity contribution in [2.75, 3.05) is 12.4 Å². The van der Waals surface area contributed by atoms with E-state index in [1.807, 2.05) is 31.2 Å². The summed E-state index contributed by atoms with van der Waals surface area (Å²) in [5.74, 6) is -0.147. The summed E-state index contributed by atoms with van der Waals surface area (Å²) < 4.78 is 18.5. The number of carbonyl (C=O) groups excluding carboxylic acids is 2. The number of nitrogens with zero attached hydrogens (tertiary/aromatic N) is 2. The van der Waals surface area contributed by atoms with Crippen molar-refractivity contribution in [3.8, 4) is 0 Å². The van der Waals surface area contributed by atoms with Gasteiger partial charge in [-0.1, -0.05) is 48.0 Å². The summed E-state index contributed by atoms with van der Waals surface area (Å²) in [6.07, 6.45) is 4.37. The van der Waals surface area contributed by atoms with Crippen molar-refractivity contribution in [1.82, 2.24) is 15.2 Å². The number of ether oxygens (including phenoxy) is 1. The van der Waals surface area contributed by atoms with Crippen LogP contribution < -0.4 is 10.6 Å². The summed E-state index contributed by atoms with van der Waals surface area (Å²) in [5, 5.41) is 7.19. The standard InChI is InChI=1S/C24H24ClFN4O3/c1-16(30(2)23(31)28-15-19-10-5-11-20(26)22(19)25)7-6-12-33-24(32)29-21-13-17-8-3-4-9-18(17)14-27-21/h3-6,8-14,16H,7,15H2,1-2H3,(H,28,31)(H,27,29,32). The summed E-state index contributed by atoms with van der Waals surface area (Å²) in [6.45, 7) is 1.95. The van der Waals surface area contributed by atoms with Crippen molar-refractivity contribution in [2.24, 2.45) is 0 Å². The number of anilines is 1. The van der Waals surface area contributed by atoms with Gasteiger partial charge in [0.2, 0.25) is 0 Å². The molecule has 0 radical (unpaired) electrons. The molecule has 33 heavy (non-hydrogen) atoms. The lowest BCUT2D eigenvalue weighted by atomic mass is 10.2. The van der Waals surface area contributed by atoms with E-state index in [4.69, 9.17) is 16.3 Å². The minimum Gasteiger partial charge on any atom is -0.418 e. The number of amides is 3. The van der Waals surface area contributed by atoms with Gasteiger partial charge in [0.05, 0.1) is 11.3 Å². The second kappa shape index (κ2) is 11.3. The first-order valence-corrected chi connectivity index (χ1v) is 10.6. The van der Waals surface area contributed by atoms with Gasteiger partial charge in [0.1, 0.15) is 11.6 Å². The maximum absolute atomic E-state index is 13.5. The Labute approximate surface area is 196 Å². The number of carbonyl (C=O) groups is 2. The maximum Gasteiger partial charge on any atom is 0.417 e. The fraction of sp³-hybridized carbons (Fsp3) is 0.208.